The maximum atomic E-state index is 13.0. The Labute approximate surface area is 165 Å². The molecular weight excluding hydrogens is 355 g/mol. The summed E-state index contributed by atoms with van der Waals surface area (Å²) in [4.78, 5) is 8.95. The highest BCUT2D eigenvalue weighted by molar-refractivity contribution is 5.58. The molecule has 0 radical (unpaired) electrons. The topological polar surface area (TPSA) is 59.1 Å². The smallest absolute Gasteiger partial charge is 0.224 e. The Morgan fingerprint density at radius 2 is 1.71 bits per heavy atom. The largest absolute Gasteiger partial charge is 0.491 e. The third-order valence-corrected chi connectivity index (χ3v) is 3.96. The molecule has 0 fully saturated rings. The number of hydrogen-bond donors (Lipinski definition) is 2. The Morgan fingerprint density at radius 3 is 2.39 bits per heavy atom. The van der Waals surface area contributed by atoms with E-state index in [1.165, 1.54) is 12.1 Å². The third kappa shape index (κ3) is 5.94. The first-order valence-electron chi connectivity index (χ1n) is 9.36. The maximum absolute atomic E-state index is 13.0. The summed E-state index contributed by atoms with van der Waals surface area (Å²) in [6.45, 7) is 6.59. The van der Waals surface area contributed by atoms with Crippen molar-refractivity contribution in [2.24, 2.45) is 0 Å². The molecule has 0 amide bonds. The van der Waals surface area contributed by atoms with Crippen molar-refractivity contribution in [3.8, 4) is 5.75 Å². The van der Waals surface area contributed by atoms with Crippen LogP contribution in [0.4, 0.5) is 21.8 Å². The summed E-state index contributed by atoms with van der Waals surface area (Å²) in [5.74, 6) is 1.89. The molecule has 2 aromatic carbocycles. The normalized spacial score (nSPS) is 10.8. The molecule has 0 saturated carbocycles. The van der Waals surface area contributed by atoms with Crippen LogP contribution in [0, 0.1) is 12.7 Å². The number of nitrogens with one attached hydrogen (secondary N) is 2. The van der Waals surface area contributed by atoms with Crippen LogP contribution in [0.5, 0.6) is 5.75 Å². The van der Waals surface area contributed by atoms with E-state index in [-0.39, 0.29) is 11.9 Å². The predicted octanol–water partition coefficient (Wildman–Crippen LogP) is 5.11. The van der Waals surface area contributed by atoms with Crippen molar-refractivity contribution in [3.63, 3.8) is 0 Å². The lowest BCUT2D eigenvalue weighted by atomic mass is 10.1. The second kappa shape index (κ2) is 9.17. The lowest BCUT2D eigenvalue weighted by Crippen LogP contribution is -2.09. The van der Waals surface area contributed by atoms with Gasteiger partial charge in [0, 0.05) is 24.0 Å². The highest BCUT2D eigenvalue weighted by Crippen LogP contribution is 2.21. The highest BCUT2D eigenvalue weighted by atomic mass is 19.1. The Bertz CT molecular complexity index is 895. The van der Waals surface area contributed by atoms with Gasteiger partial charge >= 0.3 is 0 Å². The predicted molar refractivity (Wildman–Crippen MR) is 111 cm³/mol. The van der Waals surface area contributed by atoms with Crippen LogP contribution < -0.4 is 15.4 Å². The van der Waals surface area contributed by atoms with Crippen molar-refractivity contribution in [1.82, 2.24) is 9.97 Å². The van der Waals surface area contributed by atoms with Crippen LogP contribution >= 0.6 is 0 Å². The van der Waals surface area contributed by atoms with Gasteiger partial charge in [-0.3, -0.25) is 0 Å². The summed E-state index contributed by atoms with van der Waals surface area (Å²) in [7, 11) is 0. The first kappa shape index (κ1) is 19.6. The van der Waals surface area contributed by atoms with Crippen molar-refractivity contribution in [1.29, 1.82) is 0 Å². The maximum Gasteiger partial charge on any atom is 0.224 e. The zero-order chi connectivity index (χ0) is 19.9. The molecule has 0 aliphatic carbocycles. The summed E-state index contributed by atoms with van der Waals surface area (Å²) < 4.78 is 18.6. The molecule has 3 aromatic rings. The van der Waals surface area contributed by atoms with E-state index in [4.69, 9.17) is 4.74 Å². The molecule has 0 bridgehead atoms. The van der Waals surface area contributed by atoms with Crippen molar-refractivity contribution in [2.45, 2.75) is 33.3 Å². The molecule has 5 nitrogen and oxygen atoms in total. The van der Waals surface area contributed by atoms with Gasteiger partial charge in [-0.1, -0.05) is 12.1 Å². The van der Waals surface area contributed by atoms with Gasteiger partial charge in [-0.2, -0.15) is 4.98 Å². The number of nitrogens with zero attached hydrogens (tertiary/aromatic N) is 2. The van der Waals surface area contributed by atoms with Gasteiger partial charge in [0.1, 0.15) is 17.4 Å². The molecule has 2 N–H and O–H groups in total. The highest BCUT2D eigenvalue weighted by Gasteiger charge is 2.04. The fourth-order valence-corrected chi connectivity index (χ4v) is 2.72. The van der Waals surface area contributed by atoms with Gasteiger partial charge in [-0.15, -0.1) is 0 Å². The quantitative estimate of drug-likeness (QED) is 0.569. The van der Waals surface area contributed by atoms with Gasteiger partial charge in [0.2, 0.25) is 5.95 Å². The first-order valence-corrected chi connectivity index (χ1v) is 9.36. The molecule has 0 spiro atoms. The number of aryl methyl sites for hydroxylation is 1. The number of aromatic nitrogens is 2. The van der Waals surface area contributed by atoms with E-state index < -0.39 is 0 Å². The summed E-state index contributed by atoms with van der Waals surface area (Å²) >= 11 is 0. The number of anilines is 3. The Hall–Kier alpha value is -3.15. The van der Waals surface area contributed by atoms with Gasteiger partial charge in [-0.05, 0) is 69.2 Å². The molecule has 146 valence electrons. The van der Waals surface area contributed by atoms with E-state index in [0.717, 1.165) is 29.1 Å². The second-order valence-electron chi connectivity index (χ2n) is 6.84. The van der Waals surface area contributed by atoms with Crippen LogP contribution in [0.2, 0.25) is 0 Å². The minimum Gasteiger partial charge on any atom is -0.491 e. The minimum absolute atomic E-state index is 0.145. The molecule has 3 rings (SSSR count). The van der Waals surface area contributed by atoms with E-state index in [1.807, 2.05) is 51.1 Å². The standard InChI is InChI=1S/C22H25FN4O/c1-15(2)28-20-10-8-19(9-11-20)26-21-14-16(3)25-22(27-21)24-13-12-17-4-6-18(23)7-5-17/h4-11,14-15H,12-13H2,1-3H3,(H2,24,25,26,27). The van der Waals surface area contributed by atoms with E-state index in [0.29, 0.717) is 18.3 Å². The molecule has 0 unspecified atom stereocenters. The summed E-state index contributed by atoms with van der Waals surface area (Å²) in [5.41, 5.74) is 2.84. The van der Waals surface area contributed by atoms with Gasteiger partial charge in [0.15, 0.2) is 0 Å². The minimum atomic E-state index is -0.224. The van der Waals surface area contributed by atoms with Crippen molar-refractivity contribution >= 4 is 17.5 Å². The monoisotopic (exact) mass is 380 g/mol. The lowest BCUT2D eigenvalue weighted by molar-refractivity contribution is 0.242. The second-order valence-corrected chi connectivity index (χ2v) is 6.84. The molecule has 1 aromatic heterocycles. The van der Waals surface area contributed by atoms with Crippen molar-refractivity contribution in [3.05, 3.63) is 71.7 Å². The number of halogens is 1. The van der Waals surface area contributed by atoms with Gasteiger partial charge in [-0.25, -0.2) is 9.37 Å². The number of ether oxygens (including phenoxy) is 1. The van der Waals surface area contributed by atoms with E-state index in [1.54, 1.807) is 12.1 Å². The van der Waals surface area contributed by atoms with Gasteiger partial charge in [0.05, 0.1) is 6.10 Å². The average Bonchev–Trinajstić information content (AvgIpc) is 2.64. The van der Waals surface area contributed by atoms with Crippen LogP contribution in [0.15, 0.2) is 54.6 Å². The number of rotatable bonds is 8. The molecule has 0 aliphatic heterocycles. The summed E-state index contributed by atoms with van der Waals surface area (Å²) in [5, 5.41) is 6.52. The van der Waals surface area contributed by atoms with Gasteiger partial charge in [0.25, 0.3) is 0 Å². The first-order chi connectivity index (χ1) is 13.5. The van der Waals surface area contributed by atoms with Crippen LogP contribution in [-0.2, 0) is 6.42 Å². The van der Waals surface area contributed by atoms with Crippen LogP contribution in [0.1, 0.15) is 25.1 Å². The molecule has 0 saturated heterocycles. The summed E-state index contributed by atoms with van der Waals surface area (Å²) in [6, 6.07) is 16.2. The SMILES string of the molecule is Cc1cc(Nc2ccc(OC(C)C)cc2)nc(NCCc2ccc(F)cc2)n1. The zero-order valence-corrected chi connectivity index (χ0v) is 16.4. The lowest BCUT2D eigenvalue weighted by Gasteiger charge is -2.12. The van der Waals surface area contributed by atoms with Crippen molar-refractivity contribution in [2.75, 3.05) is 17.2 Å². The van der Waals surface area contributed by atoms with E-state index >= 15 is 0 Å². The molecular formula is C22H25FN4O. The van der Waals surface area contributed by atoms with Gasteiger partial charge < -0.3 is 15.4 Å². The zero-order valence-electron chi connectivity index (χ0n) is 16.4. The molecule has 0 aliphatic rings. The molecule has 1 heterocycles. The number of benzene rings is 2. The Morgan fingerprint density at radius 1 is 1.00 bits per heavy atom. The third-order valence-electron chi connectivity index (χ3n) is 3.96. The molecule has 28 heavy (non-hydrogen) atoms. The Kier molecular flexibility index (Phi) is 6.42. The average molecular weight is 380 g/mol. The van der Waals surface area contributed by atoms with Crippen LogP contribution in [0.3, 0.4) is 0 Å². The Balaban J connectivity index is 1.60. The number of hydrogen-bond acceptors (Lipinski definition) is 5. The summed E-state index contributed by atoms with van der Waals surface area (Å²) in [6.07, 6.45) is 0.907. The molecule has 6 heteroatoms. The molecule has 0 atom stereocenters. The van der Waals surface area contributed by atoms with Crippen LogP contribution in [-0.4, -0.2) is 22.6 Å². The fraction of sp³-hybridized carbons (Fsp3) is 0.273. The van der Waals surface area contributed by atoms with Crippen molar-refractivity contribution < 1.29 is 9.13 Å². The van der Waals surface area contributed by atoms with Crippen LogP contribution in [0.25, 0.3) is 0 Å². The fourth-order valence-electron chi connectivity index (χ4n) is 2.72. The van der Waals surface area contributed by atoms with E-state index in [9.17, 15) is 4.39 Å². The van der Waals surface area contributed by atoms with E-state index in [2.05, 4.69) is 20.6 Å².